The van der Waals surface area contributed by atoms with Gasteiger partial charge in [-0.15, -0.1) is 0 Å². The van der Waals surface area contributed by atoms with Crippen molar-refractivity contribution in [2.75, 3.05) is 5.73 Å². The number of hydrogen-bond donors (Lipinski definition) is 1. The monoisotopic (exact) mass is 307 g/mol. The van der Waals surface area contributed by atoms with Crippen molar-refractivity contribution >= 4 is 21.6 Å². The van der Waals surface area contributed by atoms with E-state index in [0.717, 1.165) is 11.3 Å². The maximum absolute atomic E-state index is 12.0. The zero-order chi connectivity index (χ0) is 13.1. The van der Waals surface area contributed by atoms with Crippen LogP contribution in [0.3, 0.4) is 0 Å². The lowest BCUT2D eigenvalue weighted by Crippen LogP contribution is -2.23. The highest BCUT2D eigenvalue weighted by molar-refractivity contribution is 9.10. The summed E-state index contributed by atoms with van der Waals surface area (Å²) < 4.78 is 2.14. The van der Waals surface area contributed by atoms with E-state index in [-0.39, 0.29) is 5.56 Å². The van der Waals surface area contributed by atoms with Crippen molar-refractivity contribution in [1.82, 2.24) is 9.55 Å². The topological polar surface area (TPSA) is 60.9 Å². The predicted octanol–water partition coefficient (Wildman–Crippen LogP) is 2.14. The van der Waals surface area contributed by atoms with Crippen molar-refractivity contribution in [3.63, 3.8) is 0 Å². The molecule has 0 radical (unpaired) electrons. The smallest absolute Gasteiger partial charge is 0.265 e. The number of aromatic nitrogens is 2. The number of hydrogen-bond acceptors (Lipinski definition) is 3. The summed E-state index contributed by atoms with van der Waals surface area (Å²) >= 11 is 3.28. The van der Waals surface area contributed by atoms with Gasteiger partial charge in [0.15, 0.2) is 0 Å². The molecule has 0 amide bonds. The first-order valence-electron chi connectivity index (χ1n) is 5.64. The highest BCUT2D eigenvalue weighted by Gasteiger charge is 2.08. The Morgan fingerprint density at radius 2 is 2.22 bits per heavy atom. The van der Waals surface area contributed by atoms with Gasteiger partial charge >= 0.3 is 0 Å². The molecule has 0 aliphatic heterocycles. The van der Waals surface area contributed by atoms with Crippen molar-refractivity contribution < 1.29 is 0 Å². The molecule has 5 heteroatoms. The van der Waals surface area contributed by atoms with E-state index in [1.165, 1.54) is 0 Å². The molecule has 0 aliphatic carbocycles. The second-order valence-electron chi connectivity index (χ2n) is 4.09. The van der Waals surface area contributed by atoms with Gasteiger partial charge in [-0.2, -0.15) is 0 Å². The molecule has 4 nitrogen and oxygen atoms in total. The normalized spacial score (nSPS) is 10.6. The van der Waals surface area contributed by atoms with E-state index in [1.54, 1.807) is 17.0 Å². The first-order chi connectivity index (χ1) is 8.59. The molecule has 94 valence electrons. The van der Waals surface area contributed by atoms with Crippen LogP contribution in [0.1, 0.15) is 11.3 Å². The molecule has 0 atom stereocenters. The molecule has 0 unspecified atom stereocenters. The number of anilines is 1. The van der Waals surface area contributed by atoms with Crippen LogP contribution in [0.4, 0.5) is 5.69 Å². The number of nitrogens with two attached hydrogens (primary N) is 1. The first kappa shape index (κ1) is 12.8. The summed E-state index contributed by atoms with van der Waals surface area (Å²) in [5, 5.41) is 0. The van der Waals surface area contributed by atoms with Crippen molar-refractivity contribution in [3.8, 4) is 0 Å². The third-order valence-electron chi connectivity index (χ3n) is 2.84. The molecule has 2 rings (SSSR count). The Morgan fingerprint density at radius 3 is 2.89 bits per heavy atom. The zero-order valence-electron chi connectivity index (χ0n) is 10.1. The SMILES string of the molecule is Cc1c(N)cn(CCc2ccccn2)c(=O)c1Br. The van der Waals surface area contributed by atoms with E-state index in [2.05, 4.69) is 20.9 Å². The molecule has 2 aromatic rings. The fraction of sp³-hybridized carbons (Fsp3) is 0.231. The number of rotatable bonds is 3. The summed E-state index contributed by atoms with van der Waals surface area (Å²) in [5.74, 6) is 0. The van der Waals surface area contributed by atoms with E-state index >= 15 is 0 Å². The van der Waals surface area contributed by atoms with Crippen molar-refractivity contribution in [2.24, 2.45) is 0 Å². The Balaban J connectivity index is 2.23. The Kier molecular flexibility index (Phi) is 3.81. The minimum atomic E-state index is -0.0577. The van der Waals surface area contributed by atoms with Crippen LogP contribution < -0.4 is 11.3 Å². The van der Waals surface area contributed by atoms with Crippen LogP contribution >= 0.6 is 15.9 Å². The molecule has 2 aromatic heterocycles. The summed E-state index contributed by atoms with van der Waals surface area (Å²) in [7, 11) is 0. The van der Waals surface area contributed by atoms with Crippen LogP contribution in [0, 0.1) is 6.92 Å². The summed E-state index contributed by atoms with van der Waals surface area (Å²) in [6.45, 7) is 2.39. The lowest BCUT2D eigenvalue weighted by atomic mass is 10.2. The van der Waals surface area contributed by atoms with Crippen LogP contribution in [0.15, 0.2) is 39.9 Å². The predicted molar refractivity (Wildman–Crippen MR) is 75.5 cm³/mol. The maximum atomic E-state index is 12.0. The third kappa shape index (κ3) is 2.61. The molecular weight excluding hydrogens is 294 g/mol. The molecule has 18 heavy (non-hydrogen) atoms. The summed E-state index contributed by atoms with van der Waals surface area (Å²) in [5.41, 5.74) is 8.15. The Morgan fingerprint density at radius 1 is 1.44 bits per heavy atom. The van der Waals surface area contributed by atoms with Crippen LogP contribution in [-0.4, -0.2) is 9.55 Å². The van der Waals surface area contributed by atoms with Crippen molar-refractivity contribution in [3.05, 3.63) is 56.7 Å². The second kappa shape index (κ2) is 5.35. The van der Waals surface area contributed by atoms with Crippen LogP contribution in [-0.2, 0) is 13.0 Å². The van der Waals surface area contributed by atoms with Gasteiger partial charge < -0.3 is 10.3 Å². The van der Waals surface area contributed by atoms with Gasteiger partial charge in [0, 0.05) is 31.1 Å². The van der Waals surface area contributed by atoms with Gasteiger partial charge in [0.05, 0.1) is 10.2 Å². The van der Waals surface area contributed by atoms with Crippen molar-refractivity contribution in [1.29, 1.82) is 0 Å². The van der Waals surface area contributed by atoms with Crippen molar-refractivity contribution in [2.45, 2.75) is 19.9 Å². The van der Waals surface area contributed by atoms with Crippen LogP contribution in [0.25, 0.3) is 0 Å². The van der Waals surface area contributed by atoms with Gasteiger partial charge in [-0.1, -0.05) is 6.07 Å². The first-order valence-corrected chi connectivity index (χ1v) is 6.44. The van der Waals surface area contributed by atoms with E-state index in [0.29, 0.717) is 23.1 Å². The Labute approximate surface area is 114 Å². The largest absolute Gasteiger partial charge is 0.397 e. The molecule has 0 spiro atoms. The van der Waals surface area contributed by atoms with Gasteiger partial charge in [-0.3, -0.25) is 9.78 Å². The van der Waals surface area contributed by atoms with E-state index in [1.807, 2.05) is 25.1 Å². The standard InChI is InChI=1S/C13H14BrN3O/c1-9-11(15)8-17(13(18)12(9)14)7-5-10-4-2-3-6-16-10/h2-4,6,8H,5,7,15H2,1H3. The molecule has 0 aliphatic rings. The zero-order valence-corrected chi connectivity index (χ0v) is 11.6. The lowest BCUT2D eigenvalue weighted by Gasteiger charge is -2.10. The second-order valence-corrected chi connectivity index (χ2v) is 4.89. The minimum Gasteiger partial charge on any atom is -0.397 e. The minimum absolute atomic E-state index is 0.0577. The van der Waals surface area contributed by atoms with Crippen LogP contribution in [0.5, 0.6) is 0 Å². The quantitative estimate of drug-likeness (QED) is 0.945. The average Bonchev–Trinajstić information content (AvgIpc) is 2.40. The Bertz CT molecular complexity index is 608. The number of aryl methyl sites for hydroxylation is 2. The number of nitrogens with zero attached hydrogens (tertiary/aromatic N) is 2. The summed E-state index contributed by atoms with van der Waals surface area (Å²) in [6.07, 6.45) is 4.14. The fourth-order valence-electron chi connectivity index (χ4n) is 1.68. The summed E-state index contributed by atoms with van der Waals surface area (Å²) in [6, 6.07) is 5.75. The third-order valence-corrected chi connectivity index (χ3v) is 3.77. The Hall–Kier alpha value is -1.62. The van der Waals surface area contributed by atoms with Gasteiger partial charge in [0.25, 0.3) is 5.56 Å². The number of nitrogen functional groups attached to an aromatic ring is 1. The van der Waals surface area contributed by atoms with E-state index in [4.69, 9.17) is 5.73 Å². The molecule has 0 saturated carbocycles. The van der Waals surface area contributed by atoms with Gasteiger partial charge in [0.2, 0.25) is 0 Å². The molecule has 0 aromatic carbocycles. The van der Waals surface area contributed by atoms with Crippen LogP contribution in [0.2, 0.25) is 0 Å². The highest BCUT2D eigenvalue weighted by atomic mass is 79.9. The molecule has 2 N–H and O–H groups in total. The summed E-state index contributed by atoms with van der Waals surface area (Å²) in [4.78, 5) is 16.2. The van der Waals surface area contributed by atoms with Gasteiger partial charge in [-0.05, 0) is 40.5 Å². The van der Waals surface area contributed by atoms with E-state index in [9.17, 15) is 4.79 Å². The molecular formula is C13H14BrN3O. The maximum Gasteiger partial charge on any atom is 0.265 e. The molecule has 0 fully saturated rings. The van der Waals surface area contributed by atoms with E-state index < -0.39 is 0 Å². The number of pyridine rings is 2. The molecule has 0 bridgehead atoms. The number of halogens is 1. The molecule has 2 heterocycles. The average molecular weight is 308 g/mol. The van der Waals surface area contributed by atoms with Gasteiger partial charge in [0.1, 0.15) is 0 Å². The fourth-order valence-corrected chi connectivity index (χ4v) is 2.14. The van der Waals surface area contributed by atoms with Gasteiger partial charge in [-0.25, -0.2) is 0 Å². The molecule has 0 saturated heterocycles. The highest BCUT2D eigenvalue weighted by Crippen LogP contribution is 2.17. The lowest BCUT2D eigenvalue weighted by molar-refractivity contribution is 0.658.